The molecule has 0 spiro atoms. The Morgan fingerprint density at radius 1 is 0.383 bits per heavy atom. The summed E-state index contributed by atoms with van der Waals surface area (Å²) in [4.78, 5) is 25.3. The van der Waals surface area contributed by atoms with Crippen molar-refractivity contribution >= 4 is 11.9 Å². The van der Waals surface area contributed by atoms with E-state index in [-0.39, 0.29) is 25.2 Å². The molecule has 60 heavy (non-hydrogen) atoms. The number of carbonyl (C=O) groups is 2. The van der Waals surface area contributed by atoms with Crippen molar-refractivity contribution in [3.8, 4) is 0 Å². The molecule has 0 aliphatic rings. The zero-order valence-corrected chi connectivity index (χ0v) is 40.0. The quantitative estimate of drug-likeness (QED) is 0.0347. The first-order valence-electron chi connectivity index (χ1n) is 25.8. The van der Waals surface area contributed by atoms with Gasteiger partial charge in [0.1, 0.15) is 6.61 Å². The van der Waals surface area contributed by atoms with E-state index in [1.54, 1.807) is 0 Å². The van der Waals surface area contributed by atoms with E-state index in [9.17, 15) is 9.59 Å². The summed E-state index contributed by atoms with van der Waals surface area (Å²) < 4.78 is 17.4. The lowest BCUT2D eigenvalue weighted by molar-refractivity contribution is -0.163. The first-order chi connectivity index (χ1) is 29.6. The van der Waals surface area contributed by atoms with Gasteiger partial charge in [-0.1, -0.05) is 197 Å². The Balaban J connectivity index is 4.28. The molecule has 0 radical (unpaired) electrons. The van der Waals surface area contributed by atoms with Gasteiger partial charge in [0.15, 0.2) is 6.10 Å². The zero-order valence-electron chi connectivity index (χ0n) is 40.0. The van der Waals surface area contributed by atoms with Gasteiger partial charge in [-0.15, -0.1) is 0 Å². The van der Waals surface area contributed by atoms with Crippen LogP contribution < -0.4 is 0 Å². The van der Waals surface area contributed by atoms with Gasteiger partial charge in [-0.25, -0.2) is 0 Å². The third-order valence-electron chi connectivity index (χ3n) is 11.0. The smallest absolute Gasteiger partial charge is 0.306 e. The van der Waals surface area contributed by atoms with Crippen LogP contribution in [0.2, 0.25) is 0 Å². The van der Waals surface area contributed by atoms with Gasteiger partial charge in [-0.2, -0.15) is 0 Å². The lowest BCUT2D eigenvalue weighted by Gasteiger charge is -2.18. The van der Waals surface area contributed by atoms with Crippen LogP contribution in [0.1, 0.15) is 252 Å². The second kappa shape index (κ2) is 51.0. The molecular formula is C55H98O5. The zero-order chi connectivity index (χ0) is 43.5. The van der Waals surface area contributed by atoms with E-state index in [0.29, 0.717) is 19.4 Å². The predicted octanol–water partition coefficient (Wildman–Crippen LogP) is 17.3. The maximum absolute atomic E-state index is 12.8. The Bertz CT molecular complexity index is 1040. The molecule has 0 saturated heterocycles. The minimum absolute atomic E-state index is 0.0656. The SMILES string of the molecule is CC/C=C\C/C=C\C/C=C\CCCCCC(=O)OCC(COCCCCCCCCCC/C=C\CCCCCCCC)OC(=O)CCCCCCC/C=C\CCCCCC. The molecule has 0 aromatic heterocycles. The Kier molecular flexibility index (Phi) is 48.9. The van der Waals surface area contributed by atoms with Crippen molar-refractivity contribution in [2.75, 3.05) is 19.8 Å². The Hall–Kier alpha value is -2.40. The van der Waals surface area contributed by atoms with Crippen molar-refractivity contribution in [3.05, 3.63) is 60.8 Å². The fourth-order valence-corrected chi connectivity index (χ4v) is 7.16. The molecule has 5 heteroatoms. The molecule has 0 N–H and O–H groups in total. The highest BCUT2D eigenvalue weighted by Gasteiger charge is 2.17. The van der Waals surface area contributed by atoms with E-state index in [2.05, 4.69) is 81.5 Å². The van der Waals surface area contributed by atoms with E-state index < -0.39 is 6.10 Å². The van der Waals surface area contributed by atoms with E-state index in [0.717, 1.165) is 83.5 Å². The van der Waals surface area contributed by atoms with Gasteiger partial charge in [0.25, 0.3) is 0 Å². The normalized spacial score (nSPS) is 12.7. The first-order valence-corrected chi connectivity index (χ1v) is 25.8. The largest absolute Gasteiger partial charge is 0.462 e. The summed E-state index contributed by atoms with van der Waals surface area (Å²) in [5, 5.41) is 0. The highest BCUT2D eigenvalue weighted by molar-refractivity contribution is 5.70. The Morgan fingerprint density at radius 2 is 0.750 bits per heavy atom. The van der Waals surface area contributed by atoms with Gasteiger partial charge in [-0.3, -0.25) is 9.59 Å². The molecule has 0 amide bonds. The number of ether oxygens (including phenoxy) is 3. The summed E-state index contributed by atoms with van der Waals surface area (Å²) >= 11 is 0. The first kappa shape index (κ1) is 57.6. The third kappa shape index (κ3) is 48.3. The van der Waals surface area contributed by atoms with Gasteiger partial charge in [0, 0.05) is 19.4 Å². The van der Waals surface area contributed by atoms with Crippen LogP contribution in [-0.4, -0.2) is 37.9 Å². The average molecular weight is 839 g/mol. The van der Waals surface area contributed by atoms with E-state index in [4.69, 9.17) is 14.2 Å². The van der Waals surface area contributed by atoms with Crippen molar-refractivity contribution in [2.24, 2.45) is 0 Å². The maximum Gasteiger partial charge on any atom is 0.306 e. The monoisotopic (exact) mass is 839 g/mol. The maximum atomic E-state index is 12.8. The molecule has 1 unspecified atom stereocenters. The number of allylic oxidation sites excluding steroid dienone is 10. The molecule has 0 rings (SSSR count). The summed E-state index contributed by atoms with van der Waals surface area (Å²) in [5.74, 6) is -0.438. The number of carbonyl (C=O) groups excluding carboxylic acids is 2. The lowest BCUT2D eigenvalue weighted by Crippen LogP contribution is -2.30. The van der Waals surface area contributed by atoms with Crippen molar-refractivity contribution in [2.45, 2.75) is 258 Å². The summed E-state index contributed by atoms with van der Waals surface area (Å²) in [6.45, 7) is 7.67. The standard InChI is InChI=1S/C55H98O5/c1-4-7-10-13-16-19-22-25-26-27-28-29-32-35-38-41-44-47-50-58-51-53(60-55(57)49-46-43-40-37-34-31-24-21-18-15-12-9-6-3)52-59-54(56)48-45-42-39-36-33-30-23-20-17-14-11-8-5-2/h8,11,17,20-21,24-26,30,33,53H,4-7,9-10,12-16,18-19,22-23,27-29,31-32,34-52H2,1-3H3/b11-8-,20-17-,24-21-,26-25-,33-30-. The number of hydrogen-bond acceptors (Lipinski definition) is 5. The van der Waals surface area contributed by atoms with Gasteiger partial charge >= 0.3 is 11.9 Å². The minimum atomic E-state index is -0.553. The second-order valence-electron chi connectivity index (χ2n) is 17.0. The molecule has 0 aromatic rings. The topological polar surface area (TPSA) is 61.8 Å². The molecule has 0 heterocycles. The molecule has 5 nitrogen and oxygen atoms in total. The molecule has 0 bridgehead atoms. The molecule has 0 aliphatic heterocycles. The summed E-state index contributed by atoms with van der Waals surface area (Å²) in [5.41, 5.74) is 0. The van der Waals surface area contributed by atoms with Crippen LogP contribution in [0.3, 0.4) is 0 Å². The summed E-state index contributed by atoms with van der Waals surface area (Å²) in [6, 6.07) is 0. The van der Waals surface area contributed by atoms with Crippen molar-refractivity contribution in [1.82, 2.24) is 0 Å². The van der Waals surface area contributed by atoms with Crippen LogP contribution in [-0.2, 0) is 23.8 Å². The molecular weight excluding hydrogens is 741 g/mol. The van der Waals surface area contributed by atoms with E-state index >= 15 is 0 Å². The van der Waals surface area contributed by atoms with E-state index in [1.165, 1.54) is 135 Å². The molecule has 0 aromatic carbocycles. The Morgan fingerprint density at radius 3 is 1.25 bits per heavy atom. The fraction of sp³-hybridized carbons (Fsp3) is 0.782. The third-order valence-corrected chi connectivity index (χ3v) is 11.0. The molecule has 1 atom stereocenters. The second-order valence-corrected chi connectivity index (χ2v) is 17.0. The minimum Gasteiger partial charge on any atom is -0.462 e. The molecule has 0 saturated carbocycles. The van der Waals surface area contributed by atoms with Crippen LogP contribution >= 0.6 is 0 Å². The highest BCUT2D eigenvalue weighted by atomic mass is 16.6. The van der Waals surface area contributed by atoms with Crippen molar-refractivity contribution < 1.29 is 23.8 Å². The van der Waals surface area contributed by atoms with Gasteiger partial charge in [0.05, 0.1) is 6.61 Å². The number of unbranched alkanes of at least 4 members (excludes halogenated alkanes) is 26. The average Bonchev–Trinajstić information content (AvgIpc) is 3.25. The molecule has 0 aliphatic carbocycles. The fourth-order valence-electron chi connectivity index (χ4n) is 7.16. The van der Waals surface area contributed by atoms with Crippen molar-refractivity contribution in [3.63, 3.8) is 0 Å². The number of esters is 2. The lowest BCUT2D eigenvalue weighted by atomic mass is 10.1. The molecule has 0 fully saturated rings. The van der Waals surface area contributed by atoms with Crippen LogP contribution in [0.15, 0.2) is 60.8 Å². The van der Waals surface area contributed by atoms with Gasteiger partial charge in [-0.05, 0) is 103 Å². The highest BCUT2D eigenvalue weighted by Crippen LogP contribution is 2.14. The van der Waals surface area contributed by atoms with Crippen molar-refractivity contribution in [1.29, 1.82) is 0 Å². The molecule has 348 valence electrons. The van der Waals surface area contributed by atoms with E-state index in [1.807, 2.05) is 0 Å². The predicted molar refractivity (Wildman–Crippen MR) is 261 cm³/mol. The Labute approximate surface area is 373 Å². The summed E-state index contributed by atoms with van der Waals surface area (Å²) in [7, 11) is 0. The van der Waals surface area contributed by atoms with Crippen LogP contribution in [0, 0.1) is 0 Å². The van der Waals surface area contributed by atoms with Crippen LogP contribution in [0.5, 0.6) is 0 Å². The number of hydrogen-bond donors (Lipinski definition) is 0. The van der Waals surface area contributed by atoms with Crippen LogP contribution in [0.4, 0.5) is 0 Å². The number of rotatable bonds is 47. The van der Waals surface area contributed by atoms with Gasteiger partial charge in [0.2, 0.25) is 0 Å². The van der Waals surface area contributed by atoms with Gasteiger partial charge < -0.3 is 14.2 Å². The van der Waals surface area contributed by atoms with Crippen LogP contribution in [0.25, 0.3) is 0 Å². The summed E-state index contributed by atoms with van der Waals surface area (Å²) in [6.07, 6.45) is 63.7.